The molecule has 0 aliphatic rings. The lowest BCUT2D eigenvalue weighted by atomic mass is 10.2. The van der Waals surface area contributed by atoms with E-state index in [-0.39, 0.29) is 0 Å². The Morgan fingerprint density at radius 2 is 0.853 bits per heavy atom. The summed E-state index contributed by atoms with van der Waals surface area (Å²) in [6.07, 6.45) is 3.62. The number of nitrogens with zero attached hydrogens (tertiary/aromatic N) is 4. The highest BCUT2D eigenvalue weighted by molar-refractivity contribution is 6.06. The van der Waals surface area contributed by atoms with Crippen molar-refractivity contribution < 1.29 is 0 Å². The minimum absolute atomic E-state index is 0.849. The van der Waals surface area contributed by atoms with Crippen LogP contribution >= 0.6 is 0 Å². The molecule has 0 spiro atoms. The minimum atomic E-state index is 0.849. The summed E-state index contributed by atoms with van der Waals surface area (Å²) in [6, 6.07) is 28.3. The fourth-order valence-electron chi connectivity index (χ4n) is 4.51. The molecule has 6 heteroatoms. The second-order valence-electron chi connectivity index (χ2n) is 8.26. The fraction of sp³-hybridized carbons (Fsp3) is 0. The molecular weight excluding hydrogens is 420 g/mol. The fourth-order valence-corrected chi connectivity index (χ4v) is 4.51. The topological polar surface area (TPSA) is 83.1 Å². The van der Waals surface area contributed by atoms with Crippen LogP contribution in [0, 0.1) is 0 Å². The molecule has 34 heavy (non-hydrogen) atoms. The molecule has 7 aromatic rings. The molecule has 0 saturated heterocycles. The summed E-state index contributed by atoms with van der Waals surface area (Å²) >= 11 is 0. The molecule has 0 aliphatic heterocycles. The van der Waals surface area contributed by atoms with E-state index in [2.05, 4.69) is 44.2 Å². The van der Waals surface area contributed by atoms with E-state index in [9.17, 15) is 0 Å². The third-order valence-electron chi connectivity index (χ3n) is 6.00. The first-order valence-electron chi connectivity index (χ1n) is 11.1. The van der Waals surface area contributed by atoms with Crippen molar-refractivity contribution >= 4 is 65.9 Å². The van der Waals surface area contributed by atoms with E-state index in [0.29, 0.717) is 0 Å². The first-order valence-corrected chi connectivity index (χ1v) is 11.1. The van der Waals surface area contributed by atoms with Gasteiger partial charge in [-0.15, -0.1) is 0 Å². The summed E-state index contributed by atoms with van der Waals surface area (Å²) < 4.78 is 0. The molecule has 0 saturated carbocycles. The number of nitrogens with one attached hydrogen (secondary N) is 2. The minimum Gasteiger partial charge on any atom is -0.353 e. The largest absolute Gasteiger partial charge is 0.353 e. The van der Waals surface area contributed by atoms with E-state index in [1.54, 1.807) is 0 Å². The van der Waals surface area contributed by atoms with Crippen molar-refractivity contribution in [3.05, 3.63) is 97.3 Å². The van der Waals surface area contributed by atoms with Crippen molar-refractivity contribution in [2.75, 3.05) is 0 Å². The molecule has 0 atom stereocenters. The van der Waals surface area contributed by atoms with Crippen molar-refractivity contribution in [3.63, 3.8) is 0 Å². The lowest BCUT2D eigenvalue weighted by Gasteiger charge is -1.91. The molecule has 8 bridgehead atoms. The van der Waals surface area contributed by atoms with E-state index < -0.39 is 0 Å². The standard InChI is InChI=1S/C28H18N6/c1-5-17-13-23-21-9-3-12-30-28(21)26(33-23)16-20-8-2-6-18(32-20)14-24-22-10-4-11-29-27(22)25(34-24)15-19(7-1)31-17/h1-16,33-34H. The number of fused-ring (bicyclic) bond motifs is 14. The quantitative estimate of drug-likeness (QED) is 0.282. The average Bonchev–Trinajstić information content (AvgIpc) is 3.37. The summed E-state index contributed by atoms with van der Waals surface area (Å²) in [7, 11) is 0. The van der Waals surface area contributed by atoms with Gasteiger partial charge in [0.15, 0.2) is 0 Å². The molecule has 0 amide bonds. The maximum Gasteiger partial charge on any atom is 0.0958 e. The molecule has 0 fully saturated rings. The van der Waals surface area contributed by atoms with E-state index in [0.717, 1.165) is 65.9 Å². The van der Waals surface area contributed by atoms with Gasteiger partial charge in [-0.1, -0.05) is 12.1 Å². The molecule has 0 radical (unpaired) electrons. The van der Waals surface area contributed by atoms with Crippen LogP contribution in [0.3, 0.4) is 0 Å². The van der Waals surface area contributed by atoms with Gasteiger partial charge in [-0.25, -0.2) is 9.97 Å². The molecule has 6 nitrogen and oxygen atoms in total. The Kier molecular flexibility index (Phi) is 4.04. The Balaban J connectivity index is 1.71. The molecule has 7 heterocycles. The van der Waals surface area contributed by atoms with E-state index >= 15 is 0 Å². The van der Waals surface area contributed by atoms with Crippen LogP contribution in [0.4, 0.5) is 0 Å². The van der Waals surface area contributed by atoms with Gasteiger partial charge < -0.3 is 9.97 Å². The first-order chi connectivity index (χ1) is 16.8. The lowest BCUT2D eigenvalue weighted by Crippen LogP contribution is -1.76. The molecule has 0 unspecified atom stereocenters. The number of aromatic nitrogens is 6. The third-order valence-corrected chi connectivity index (χ3v) is 6.00. The number of aromatic amines is 2. The van der Waals surface area contributed by atoms with Crippen LogP contribution in [0.1, 0.15) is 0 Å². The van der Waals surface area contributed by atoms with E-state index in [1.807, 2.05) is 73.1 Å². The second kappa shape index (κ2) is 7.35. The number of hydrogen-bond donors (Lipinski definition) is 2. The predicted molar refractivity (Wildman–Crippen MR) is 138 cm³/mol. The summed E-state index contributed by atoms with van der Waals surface area (Å²) in [5, 5.41) is 2.08. The molecular formula is C28H18N6. The van der Waals surface area contributed by atoms with Gasteiger partial charge >= 0.3 is 0 Å². The molecule has 0 aliphatic carbocycles. The normalized spacial score (nSPS) is 11.5. The van der Waals surface area contributed by atoms with Gasteiger partial charge in [0.1, 0.15) is 0 Å². The highest BCUT2D eigenvalue weighted by Gasteiger charge is 2.05. The molecule has 0 aromatic carbocycles. The van der Waals surface area contributed by atoms with Gasteiger partial charge in [-0.2, -0.15) is 0 Å². The zero-order chi connectivity index (χ0) is 22.5. The smallest absolute Gasteiger partial charge is 0.0958 e. The average molecular weight is 438 g/mol. The zero-order valence-electron chi connectivity index (χ0n) is 18.0. The Bertz CT molecular complexity index is 1710. The summed E-state index contributed by atoms with van der Waals surface area (Å²) in [5.41, 5.74) is 8.97. The maximum absolute atomic E-state index is 4.87. The zero-order valence-corrected chi connectivity index (χ0v) is 18.0. The van der Waals surface area contributed by atoms with Crippen LogP contribution in [-0.2, 0) is 0 Å². The third kappa shape index (κ3) is 3.12. The van der Waals surface area contributed by atoms with Gasteiger partial charge in [0.2, 0.25) is 0 Å². The van der Waals surface area contributed by atoms with Crippen molar-refractivity contribution in [2.45, 2.75) is 0 Å². The van der Waals surface area contributed by atoms with Crippen LogP contribution in [0.5, 0.6) is 0 Å². The van der Waals surface area contributed by atoms with Gasteiger partial charge in [0.05, 0.1) is 55.2 Å². The number of hydrogen-bond acceptors (Lipinski definition) is 4. The summed E-state index contributed by atoms with van der Waals surface area (Å²) in [5.74, 6) is 0. The molecule has 160 valence electrons. The lowest BCUT2D eigenvalue weighted by molar-refractivity contribution is 1.42. The number of H-pyrrole nitrogens is 2. The van der Waals surface area contributed by atoms with Crippen LogP contribution < -0.4 is 0 Å². The Morgan fingerprint density at radius 1 is 0.441 bits per heavy atom. The SMILES string of the molecule is c1cc2cc3[nH]c(cc4cccc(cc5[nH]c(cc(c1)n2)c1ncccc51)n4)c1ncccc31. The van der Waals surface area contributed by atoms with Crippen molar-refractivity contribution in [1.82, 2.24) is 29.9 Å². The van der Waals surface area contributed by atoms with Crippen molar-refractivity contribution in [2.24, 2.45) is 0 Å². The monoisotopic (exact) mass is 438 g/mol. The second-order valence-corrected chi connectivity index (χ2v) is 8.26. The Hall–Kier alpha value is -4.84. The molecule has 2 N–H and O–H groups in total. The van der Waals surface area contributed by atoms with Crippen molar-refractivity contribution in [3.8, 4) is 0 Å². The van der Waals surface area contributed by atoms with E-state index in [4.69, 9.17) is 9.97 Å². The van der Waals surface area contributed by atoms with Crippen LogP contribution in [-0.4, -0.2) is 29.9 Å². The Labute approximate surface area is 193 Å². The van der Waals surface area contributed by atoms with E-state index in [1.165, 1.54) is 0 Å². The maximum atomic E-state index is 4.87. The van der Waals surface area contributed by atoms with Crippen molar-refractivity contribution in [1.29, 1.82) is 0 Å². The van der Waals surface area contributed by atoms with Gasteiger partial charge in [-0.05, 0) is 72.8 Å². The summed E-state index contributed by atoms with van der Waals surface area (Å²) in [4.78, 5) is 26.1. The highest BCUT2D eigenvalue weighted by Crippen LogP contribution is 2.25. The van der Waals surface area contributed by atoms with Gasteiger partial charge in [-0.3, -0.25) is 9.97 Å². The van der Waals surface area contributed by atoms with Gasteiger partial charge in [0, 0.05) is 23.2 Å². The highest BCUT2D eigenvalue weighted by atomic mass is 14.8. The predicted octanol–water partition coefficient (Wildman–Crippen LogP) is 6.53. The van der Waals surface area contributed by atoms with Crippen LogP contribution in [0.15, 0.2) is 97.3 Å². The molecule has 7 aromatic heterocycles. The number of pyridine rings is 4. The first kappa shape index (κ1) is 18.7. The van der Waals surface area contributed by atoms with Gasteiger partial charge in [0.25, 0.3) is 0 Å². The van der Waals surface area contributed by atoms with Crippen LogP contribution in [0.2, 0.25) is 0 Å². The summed E-state index contributed by atoms with van der Waals surface area (Å²) in [6.45, 7) is 0. The molecule has 7 rings (SSSR count). The number of rotatable bonds is 0. The Morgan fingerprint density at radius 3 is 1.29 bits per heavy atom. The van der Waals surface area contributed by atoms with Crippen LogP contribution in [0.25, 0.3) is 65.9 Å².